The molecule has 1 saturated heterocycles. The van der Waals surface area contributed by atoms with Gasteiger partial charge in [0, 0.05) is 24.2 Å². The van der Waals surface area contributed by atoms with E-state index in [9.17, 15) is 0 Å². The van der Waals surface area contributed by atoms with Gasteiger partial charge in [-0.3, -0.25) is 0 Å². The summed E-state index contributed by atoms with van der Waals surface area (Å²) in [6.07, 6.45) is 5.11. The van der Waals surface area contributed by atoms with Gasteiger partial charge in [-0.1, -0.05) is 37.1 Å². The van der Waals surface area contributed by atoms with Crippen LogP contribution in [-0.4, -0.2) is 19.3 Å². The minimum Gasteiger partial charge on any atom is -0.377 e. The van der Waals surface area contributed by atoms with Crippen LogP contribution >= 0.6 is 11.6 Å². The Labute approximate surface area is 115 Å². The minimum atomic E-state index is 0.400. The lowest BCUT2D eigenvalue weighted by molar-refractivity contribution is 0.107. The zero-order chi connectivity index (χ0) is 12.8. The van der Waals surface area contributed by atoms with Gasteiger partial charge in [0.15, 0.2) is 0 Å². The maximum absolute atomic E-state index is 5.93. The third kappa shape index (κ3) is 3.98. The molecule has 1 N–H and O–H groups in total. The molecule has 0 bridgehead atoms. The molecular formula is C15H22ClNO. The highest BCUT2D eigenvalue weighted by molar-refractivity contribution is 6.30. The van der Waals surface area contributed by atoms with Gasteiger partial charge in [-0.05, 0) is 37.0 Å². The van der Waals surface area contributed by atoms with Crippen LogP contribution < -0.4 is 5.32 Å². The number of nitrogens with one attached hydrogen (secondary N) is 1. The van der Waals surface area contributed by atoms with E-state index < -0.39 is 0 Å². The maximum Gasteiger partial charge on any atom is 0.0700 e. The summed E-state index contributed by atoms with van der Waals surface area (Å²) < 4.78 is 5.65. The first kappa shape index (κ1) is 13.9. The summed E-state index contributed by atoms with van der Waals surface area (Å²) in [5.41, 5.74) is 1.32. The van der Waals surface area contributed by atoms with Crippen LogP contribution in [0.2, 0.25) is 5.02 Å². The van der Waals surface area contributed by atoms with E-state index in [0.717, 1.165) is 24.6 Å². The van der Waals surface area contributed by atoms with Crippen molar-refractivity contribution in [2.75, 3.05) is 13.2 Å². The number of halogens is 1. The van der Waals surface area contributed by atoms with Crippen molar-refractivity contribution in [3.8, 4) is 0 Å². The highest BCUT2D eigenvalue weighted by atomic mass is 35.5. The van der Waals surface area contributed by atoms with Crippen molar-refractivity contribution in [2.45, 2.75) is 44.8 Å². The fraction of sp³-hybridized carbons (Fsp3) is 0.600. The Balaban J connectivity index is 1.91. The largest absolute Gasteiger partial charge is 0.377 e. The fourth-order valence-electron chi connectivity index (χ4n) is 2.45. The van der Waals surface area contributed by atoms with Crippen LogP contribution in [-0.2, 0) is 4.74 Å². The average Bonchev–Trinajstić information content (AvgIpc) is 2.89. The molecule has 1 aromatic carbocycles. The topological polar surface area (TPSA) is 21.3 Å². The normalized spacial score (nSPS) is 21.1. The first-order chi connectivity index (χ1) is 8.79. The Morgan fingerprint density at radius 3 is 2.78 bits per heavy atom. The Morgan fingerprint density at radius 1 is 1.39 bits per heavy atom. The Morgan fingerprint density at radius 2 is 2.17 bits per heavy atom. The van der Waals surface area contributed by atoms with Crippen LogP contribution in [0.15, 0.2) is 24.3 Å². The molecule has 1 aliphatic rings. The van der Waals surface area contributed by atoms with Crippen LogP contribution in [0.4, 0.5) is 0 Å². The Bertz CT molecular complexity index is 346. The molecule has 100 valence electrons. The summed E-state index contributed by atoms with van der Waals surface area (Å²) in [4.78, 5) is 0. The smallest absolute Gasteiger partial charge is 0.0700 e. The van der Waals surface area contributed by atoms with Gasteiger partial charge in [-0.2, -0.15) is 0 Å². The van der Waals surface area contributed by atoms with Gasteiger partial charge in [0.1, 0.15) is 0 Å². The molecule has 0 radical (unpaired) electrons. The van der Waals surface area contributed by atoms with Crippen molar-refractivity contribution >= 4 is 11.6 Å². The Hall–Kier alpha value is -0.570. The second-order valence-electron chi connectivity index (χ2n) is 4.94. The van der Waals surface area contributed by atoms with E-state index in [-0.39, 0.29) is 0 Å². The molecule has 0 aromatic heterocycles. The molecule has 18 heavy (non-hydrogen) atoms. The van der Waals surface area contributed by atoms with Gasteiger partial charge in [0.2, 0.25) is 0 Å². The summed E-state index contributed by atoms with van der Waals surface area (Å²) in [5, 5.41) is 4.43. The van der Waals surface area contributed by atoms with Gasteiger partial charge < -0.3 is 10.1 Å². The van der Waals surface area contributed by atoms with Crippen LogP contribution in [0, 0.1) is 0 Å². The van der Waals surface area contributed by atoms with Crippen molar-refractivity contribution in [3.63, 3.8) is 0 Å². The highest BCUT2D eigenvalue weighted by Gasteiger charge is 2.17. The van der Waals surface area contributed by atoms with Crippen molar-refractivity contribution in [1.82, 2.24) is 5.32 Å². The molecule has 2 rings (SSSR count). The summed E-state index contributed by atoms with van der Waals surface area (Å²) in [7, 11) is 0. The molecule has 0 amide bonds. The zero-order valence-corrected chi connectivity index (χ0v) is 11.7. The quantitative estimate of drug-likeness (QED) is 0.843. The van der Waals surface area contributed by atoms with E-state index >= 15 is 0 Å². The SMILES string of the molecule is CCCC(NCC1CCCO1)c1ccc(Cl)cc1. The van der Waals surface area contributed by atoms with E-state index in [1.165, 1.54) is 24.8 Å². The molecule has 0 aliphatic carbocycles. The third-order valence-corrected chi connectivity index (χ3v) is 3.72. The van der Waals surface area contributed by atoms with Crippen LogP contribution in [0.25, 0.3) is 0 Å². The average molecular weight is 268 g/mol. The van der Waals surface area contributed by atoms with Gasteiger partial charge in [0.05, 0.1) is 6.10 Å². The first-order valence-corrected chi connectivity index (χ1v) is 7.28. The predicted octanol–water partition coefficient (Wildman–Crippen LogP) is 3.95. The Kier molecular flexibility index (Phi) is 5.48. The fourth-order valence-corrected chi connectivity index (χ4v) is 2.58. The van der Waals surface area contributed by atoms with E-state index in [0.29, 0.717) is 12.1 Å². The first-order valence-electron chi connectivity index (χ1n) is 6.90. The lowest BCUT2D eigenvalue weighted by Gasteiger charge is -2.21. The third-order valence-electron chi connectivity index (χ3n) is 3.47. The lowest BCUT2D eigenvalue weighted by atomic mass is 10.0. The van der Waals surface area contributed by atoms with Gasteiger partial charge in [0.25, 0.3) is 0 Å². The molecule has 1 heterocycles. The summed E-state index contributed by atoms with van der Waals surface area (Å²) in [6, 6.07) is 8.58. The van der Waals surface area contributed by atoms with E-state index in [4.69, 9.17) is 16.3 Å². The number of hydrogen-bond donors (Lipinski definition) is 1. The van der Waals surface area contributed by atoms with Crippen molar-refractivity contribution in [3.05, 3.63) is 34.9 Å². The van der Waals surface area contributed by atoms with Gasteiger partial charge in [-0.25, -0.2) is 0 Å². The van der Waals surface area contributed by atoms with Crippen LogP contribution in [0.3, 0.4) is 0 Å². The minimum absolute atomic E-state index is 0.400. The molecule has 2 nitrogen and oxygen atoms in total. The highest BCUT2D eigenvalue weighted by Crippen LogP contribution is 2.21. The molecule has 2 unspecified atom stereocenters. The molecule has 1 fully saturated rings. The maximum atomic E-state index is 5.93. The van der Waals surface area contributed by atoms with Crippen LogP contribution in [0.1, 0.15) is 44.2 Å². The summed E-state index contributed by atoms with van der Waals surface area (Å²) >= 11 is 5.93. The van der Waals surface area contributed by atoms with Crippen molar-refractivity contribution in [1.29, 1.82) is 0 Å². The number of benzene rings is 1. The summed E-state index contributed by atoms with van der Waals surface area (Å²) in [6.45, 7) is 4.09. The number of hydrogen-bond acceptors (Lipinski definition) is 2. The molecule has 0 saturated carbocycles. The lowest BCUT2D eigenvalue weighted by Crippen LogP contribution is -2.30. The number of ether oxygens (including phenoxy) is 1. The monoisotopic (exact) mass is 267 g/mol. The van der Waals surface area contributed by atoms with Gasteiger partial charge in [-0.15, -0.1) is 0 Å². The number of rotatable bonds is 6. The molecule has 3 heteroatoms. The van der Waals surface area contributed by atoms with E-state index in [1.54, 1.807) is 0 Å². The van der Waals surface area contributed by atoms with Crippen LogP contribution in [0.5, 0.6) is 0 Å². The second kappa shape index (κ2) is 7.13. The molecule has 2 atom stereocenters. The molecule has 0 spiro atoms. The van der Waals surface area contributed by atoms with Crippen molar-refractivity contribution < 1.29 is 4.74 Å². The molecular weight excluding hydrogens is 246 g/mol. The van der Waals surface area contributed by atoms with E-state index in [2.05, 4.69) is 24.4 Å². The molecule has 1 aliphatic heterocycles. The summed E-state index contributed by atoms with van der Waals surface area (Å²) in [5.74, 6) is 0. The van der Waals surface area contributed by atoms with E-state index in [1.807, 2.05) is 12.1 Å². The standard InChI is InChI=1S/C15H22ClNO/c1-2-4-15(12-6-8-13(16)9-7-12)17-11-14-5-3-10-18-14/h6-9,14-15,17H,2-5,10-11H2,1H3. The molecule has 1 aromatic rings. The van der Waals surface area contributed by atoms with Gasteiger partial charge >= 0.3 is 0 Å². The predicted molar refractivity (Wildman–Crippen MR) is 76.1 cm³/mol. The second-order valence-corrected chi connectivity index (χ2v) is 5.37. The zero-order valence-electron chi connectivity index (χ0n) is 11.0. The van der Waals surface area contributed by atoms with Crippen molar-refractivity contribution in [2.24, 2.45) is 0 Å².